The van der Waals surface area contributed by atoms with Crippen molar-refractivity contribution in [3.63, 3.8) is 0 Å². The number of aromatic nitrogens is 2. The van der Waals surface area contributed by atoms with Crippen LogP contribution in [0.3, 0.4) is 0 Å². The molecular weight excluding hydrogens is 418 g/mol. The lowest BCUT2D eigenvalue weighted by molar-refractivity contribution is -0.119. The van der Waals surface area contributed by atoms with E-state index in [0.717, 1.165) is 11.1 Å². The summed E-state index contributed by atoms with van der Waals surface area (Å²) in [5, 5.41) is 7.79. The molecule has 0 fully saturated rings. The topological polar surface area (TPSA) is 90.3 Å². The lowest BCUT2D eigenvalue weighted by Gasteiger charge is -2.12. The highest BCUT2D eigenvalue weighted by Crippen LogP contribution is 2.27. The fraction of sp³-hybridized carbons (Fsp3) is 0.154. The summed E-state index contributed by atoms with van der Waals surface area (Å²) in [5.41, 5.74) is 2.18. The molecule has 166 valence electrons. The maximum atomic E-state index is 12.8. The third-order valence-electron chi connectivity index (χ3n) is 5.12. The summed E-state index contributed by atoms with van der Waals surface area (Å²) < 4.78 is 6.52. The first kappa shape index (κ1) is 22.0. The number of para-hydroxylation sites is 1. The molecule has 33 heavy (non-hydrogen) atoms. The van der Waals surface area contributed by atoms with Gasteiger partial charge in [0.25, 0.3) is 11.5 Å². The molecule has 1 amide bonds. The third kappa shape index (κ3) is 4.82. The number of hydrogen-bond donors (Lipinski definition) is 1. The Balaban J connectivity index is 1.52. The SMILES string of the molecule is CCCn1nc(C(=O)OCC(=O)Nc2ccccc2-c2ccccc2)c2ccccc2c1=O. The van der Waals surface area contributed by atoms with Gasteiger partial charge in [-0.3, -0.25) is 9.59 Å². The Morgan fingerprint density at radius 2 is 1.58 bits per heavy atom. The van der Waals surface area contributed by atoms with Crippen LogP contribution < -0.4 is 10.9 Å². The quantitative estimate of drug-likeness (QED) is 0.433. The van der Waals surface area contributed by atoms with Gasteiger partial charge in [0.1, 0.15) is 0 Å². The second-order valence-corrected chi connectivity index (χ2v) is 7.46. The molecule has 4 aromatic rings. The summed E-state index contributed by atoms with van der Waals surface area (Å²) in [5.74, 6) is -1.24. The monoisotopic (exact) mass is 441 g/mol. The average molecular weight is 441 g/mol. The highest BCUT2D eigenvalue weighted by atomic mass is 16.5. The molecular formula is C26H23N3O4. The number of benzene rings is 3. The lowest BCUT2D eigenvalue weighted by Crippen LogP contribution is -2.27. The van der Waals surface area contributed by atoms with Gasteiger partial charge in [-0.05, 0) is 24.1 Å². The van der Waals surface area contributed by atoms with Gasteiger partial charge in [-0.2, -0.15) is 5.10 Å². The molecule has 0 aliphatic carbocycles. The van der Waals surface area contributed by atoms with Gasteiger partial charge in [-0.1, -0.05) is 73.7 Å². The number of anilines is 1. The number of nitrogens with zero attached hydrogens (tertiary/aromatic N) is 2. The number of hydrogen-bond acceptors (Lipinski definition) is 5. The zero-order valence-corrected chi connectivity index (χ0v) is 18.2. The second-order valence-electron chi connectivity index (χ2n) is 7.46. The number of amides is 1. The van der Waals surface area contributed by atoms with E-state index in [2.05, 4.69) is 10.4 Å². The van der Waals surface area contributed by atoms with Crippen molar-refractivity contribution in [1.82, 2.24) is 9.78 Å². The molecule has 0 aliphatic heterocycles. The minimum atomic E-state index is -0.762. The Bertz CT molecular complexity index is 1360. The summed E-state index contributed by atoms with van der Waals surface area (Å²) >= 11 is 0. The fourth-order valence-corrected chi connectivity index (χ4v) is 3.60. The first-order valence-corrected chi connectivity index (χ1v) is 10.7. The van der Waals surface area contributed by atoms with E-state index < -0.39 is 18.5 Å². The summed E-state index contributed by atoms with van der Waals surface area (Å²) in [4.78, 5) is 37.9. The molecule has 1 heterocycles. The molecule has 0 bridgehead atoms. The number of nitrogens with one attached hydrogen (secondary N) is 1. The first-order valence-electron chi connectivity index (χ1n) is 10.7. The molecule has 7 nitrogen and oxygen atoms in total. The number of fused-ring (bicyclic) bond motifs is 1. The molecule has 0 aliphatic rings. The van der Waals surface area contributed by atoms with Crippen LogP contribution in [0.5, 0.6) is 0 Å². The van der Waals surface area contributed by atoms with Crippen LogP contribution in [-0.2, 0) is 16.1 Å². The van der Waals surface area contributed by atoms with E-state index >= 15 is 0 Å². The number of ether oxygens (including phenoxy) is 1. The second kappa shape index (κ2) is 9.91. The normalized spacial score (nSPS) is 10.7. The van der Waals surface area contributed by atoms with Crippen LogP contribution in [0.4, 0.5) is 5.69 Å². The number of rotatable bonds is 7. The molecule has 1 aromatic heterocycles. The number of esters is 1. The third-order valence-corrected chi connectivity index (χ3v) is 5.12. The zero-order valence-electron chi connectivity index (χ0n) is 18.2. The summed E-state index contributed by atoms with van der Waals surface area (Å²) in [7, 11) is 0. The fourth-order valence-electron chi connectivity index (χ4n) is 3.60. The van der Waals surface area contributed by atoms with E-state index in [4.69, 9.17) is 4.74 Å². The van der Waals surface area contributed by atoms with Crippen LogP contribution in [0.15, 0.2) is 83.7 Å². The Labute approximate surface area is 190 Å². The van der Waals surface area contributed by atoms with E-state index in [0.29, 0.717) is 29.4 Å². The van der Waals surface area contributed by atoms with Crippen molar-refractivity contribution < 1.29 is 14.3 Å². The molecule has 7 heteroatoms. The largest absolute Gasteiger partial charge is 0.451 e. The van der Waals surface area contributed by atoms with Crippen LogP contribution >= 0.6 is 0 Å². The standard InChI is InChI=1S/C26H23N3O4/c1-2-16-29-25(31)21-14-7-6-13-20(21)24(28-29)26(32)33-17-23(30)27-22-15-9-8-12-19(22)18-10-4-3-5-11-18/h3-15H,2,16-17H2,1H3,(H,27,30). The summed E-state index contributed by atoms with van der Waals surface area (Å²) in [6.45, 7) is 1.81. The number of carbonyl (C=O) groups excluding carboxylic acids is 2. The Morgan fingerprint density at radius 1 is 0.909 bits per heavy atom. The predicted molar refractivity (Wildman–Crippen MR) is 127 cm³/mol. The van der Waals surface area contributed by atoms with Crippen molar-refractivity contribution in [3.8, 4) is 11.1 Å². The van der Waals surface area contributed by atoms with Crippen LogP contribution in [0, 0.1) is 0 Å². The van der Waals surface area contributed by atoms with Crippen LogP contribution in [0.25, 0.3) is 21.9 Å². The average Bonchev–Trinajstić information content (AvgIpc) is 2.85. The van der Waals surface area contributed by atoms with Crippen molar-refractivity contribution in [1.29, 1.82) is 0 Å². The van der Waals surface area contributed by atoms with Gasteiger partial charge in [0.05, 0.1) is 5.39 Å². The smallest absolute Gasteiger partial charge is 0.359 e. The number of carbonyl (C=O) groups is 2. The van der Waals surface area contributed by atoms with Gasteiger partial charge in [-0.25, -0.2) is 9.48 Å². The van der Waals surface area contributed by atoms with Gasteiger partial charge in [0.2, 0.25) is 0 Å². The molecule has 0 spiro atoms. The maximum absolute atomic E-state index is 12.8. The predicted octanol–water partition coefficient (Wildman–Crippen LogP) is 4.27. The van der Waals surface area contributed by atoms with Gasteiger partial charge in [0.15, 0.2) is 12.3 Å². The van der Waals surface area contributed by atoms with Crippen molar-refractivity contribution in [2.75, 3.05) is 11.9 Å². The molecule has 0 atom stereocenters. The van der Waals surface area contributed by atoms with Gasteiger partial charge >= 0.3 is 5.97 Å². The first-order chi connectivity index (χ1) is 16.1. The molecule has 4 rings (SSSR count). The zero-order chi connectivity index (χ0) is 23.2. The van der Waals surface area contributed by atoms with Gasteiger partial charge in [-0.15, -0.1) is 0 Å². The lowest BCUT2D eigenvalue weighted by atomic mass is 10.0. The molecule has 3 aromatic carbocycles. The summed E-state index contributed by atoms with van der Waals surface area (Å²) in [6, 6.07) is 23.8. The Kier molecular flexibility index (Phi) is 6.59. The Hall–Kier alpha value is -4.26. The molecule has 1 N–H and O–H groups in total. The minimum Gasteiger partial charge on any atom is -0.451 e. The maximum Gasteiger partial charge on any atom is 0.359 e. The van der Waals surface area contributed by atoms with E-state index in [1.54, 1.807) is 30.3 Å². The molecule has 0 saturated heterocycles. The van der Waals surface area contributed by atoms with Crippen LogP contribution in [-0.4, -0.2) is 28.3 Å². The van der Waals surface area contributed by atoms with Crippen molar-refractivity contribution >= 4 is 28.3 Å². The van der Waals surface area contributed by atoms with Crippen molar-refractivity contribution in [3.05, 3.63) is 94.9 Å². The highest BCUT2D eigenvalue weighted by Gasteiger charge is 2.19. The van der Waals surface area contributed by atoms with Crippen molar-refractivity contribution in [2.24, 2.45) is 0 Å². The van der Waals surface area contributed by atoms with Crippen LogP contribution in [0.1, 0.15) is 23.8 Å². The minimum absolute atomic E-state index is 0.0103. The van der Waals surface area contributed by atoms with Crippen molar-refractivity contribution in [2.45, 2.75) is 19.9 Å². The van der Waals surface area contributed by atoms with E-state index in [1.165, 1.54) is 4.68 Å². The molecule has 0 unspecified atom stereocenters. The van der Waals surface area contributed by atoms with E-state index in [-0.39, 0.29) is 11.3 Å². The van der Waals surface area contributed by atoms with Gasteiger partial charge < -0.3 is 10.1 Å². The molecule has 0 radical (unpaired) electrons. The van der Waals surface area contributed by atoms with E-state index in [9.17, 15) is 14.4 Å². The van der Waals surface area contributed by atoms with E-state index in [1.807, 2.05) is 55.5 Å². The van der Waals surface area contributed by atoms with Gasteiger partial charge in [0, 0.05) is 23.2 Å². The highest BCUT2D eigenvalue weighted by molar-refractivity contribution is 6.03. The number of aryl methyl sites for hydroxylation is 1. The van der Waals surface area contributed by atoms with Crippen LogP contribution in [0.2, 0.25) is 0 Å². The Morgan fingerprint density at radius 3 is 2.33 bits per heavy atom. The summed E-state index contributed by atoms with van der Waals surface area (Å²) in [6.07, 6.45) is 0.683. The molecule has 0 saturated carbocycles.